The number of nitrogens with two attached hydrogens (primary N) is 1. The molecule has 67 heavy (non-hydrogen) atoms. The van der Waals surface area contributed by atoms with Gasteiger partial charge in [0.2, 0.25) is 23.6 Å². The number of halogens is 3. The highest BCUT2D eigenvalue weighted by atomic mass is 19.4. The first-order valence-electron chi connectivity index (χ1n) is 20.8. The maximum Gasteiger partial charge on any atom is 0.405 e. The van der Waals surface area contributed by atoms with Crippen LogP contribution in [0.2, 0.25) is 0 Å². The quantitative estimate of drug-likeness (QED) is 0.0516. The molecule has 1 atom stereocenters. The van der Waals surface area contributed by atoms with Gasteiger partial charge in [-0.2, -0.15) is 18.3 Å². The molecule has 2 fully saturated rings. The van der Waals surface area contributed by atoms with Crippen LogP contribution in [0, 0.1) is 0 Å². The Morgan fingerprint density at radius 1 is 0.910 bits per heavy atom. The standard InChI is InChI=1S/C41H44F3N11O12/c42-41(43,44)22-48-30-16-23(6-7-47-30)38-50-28(20-67-38)36(59)49-27-19-54(52-34(27)35(45)58)24-17-53(18-24)32(57)21-66-15-14-65-13-12-64-11-10-63-9-8-46-26-3-1-2-25-33(26)40(62)55(39(25)61)29-4-5-31(56)51-37(29)60/h1-3,6-7,16,19-20,24,29,46H,4-5,8-15,17-18,21-22H2,(H2,45,58)(H,47,48)(H,49,59)(H,51,56,60). The van der Waals surface area contributed by atoms with Crippen LogP contribution in [0.3, 0.4) is 0 Å². The maximum atomic E-state index is 13.2. The SMILES string of the molecule is NC(=O)c1nn(C2CN(C(=O)COCCOCCOCCOCCNc3cccc4c3C(=O)N(C3CCC(=O)NC3=O)C4=O)C2)cc1NC(=O)c1coc(-c2ccnc(NCC(F)(F)F)c2)n1. The molecule has 1 aromatic carbocycles. The summed E-state index contributed by atoms with van der Waals surface area (Å²) in [6.07, 6.45) is -0.695. The fourth-order valence-electron chi connectivity index (χ4n) is 7.06. The van der Waals surface area contributed by atoms with Crippen LogP contribution in [-0.4, -0.2) is 162 Å². The third-order valence-corrected chi connectivity index (χ3v) is 10.4. The lowest BCUT2D eigenvalue weighted by atomic mass is 10.0. The fraction of sp³-hybridized carbons (Fsp3) is 0.415. The van der Waals surface area contributed by atoms with Gasteiger partial charge in [-0.1, -0.05) is 6.07 Å². The molecule has 26 heteroatoms. The van der Waals surface area contributed by atoms with Gasteiger partial charge in [0, 0.05) is 49.7 Å². The number of hydrogen-bond acceptors (Lipinski definition) is 17. The number of carbonyl (C=O) groups is 7. The molecular weight excluding hydrogens is 896 g/mol. The average molecular weight is 940 g/mol. The molecule has 7 rings (SSSR count). The Balaban J connectivity index is 0.728. The number of benzene rings is 1. The van der Waals surface area contributed by atoms with Crippen molar-refractivity contribution in [1.29, 1.82) is 0 Å². The number of primary amides is 1. The molecule has 6 N–H and O–H groups in total. The van der Waals surface area contributed by atoms with Gasteiger partial charge >= 0.3 is 6.18 Å². The number of oxazole rings is 1. The molecule has 2 saturated heterocycles. The molecule has 0 saturated carbocycles. The number of rotatable bonds is 23. The zero-order chi connectivity index (χ0) is 47.7. The van der Waals surface area contributed by atoms with Crippen molar-refractivity contribution in [2.45, 2.75) is 31.1 Å². The Kier molecular flexibility index (Phi) is 15.2. The Morgan fingerprint density at radius 2 is 1.63 bits per heavy atom. The average Bonchev–Trinajstić information content (AvgIpc) is 4.00. The van der Waals surface area contributed by atoms with E-state index in [1.807, 2.05) is 0 Å². The number of fused-ring (bicyclic) bond motifs is 1. The van der Waals surface area contributed by atoms with E-state index in [0.717, 1.165) is 11.2 Å². The summed E-state index contributed by atoms with van der Waals surface area (Å²) in [5, 5.41) is 14.1. The Hall–Kier alpha value is -7.29. The van der Waals surface area contributed by atoms with E-state index in [-0.39, 0.29) is 136 Å². The van der Waals surface area contributed by atoms with Crippen molar-refractivity contribution in [2.75, 3.05) is 95.0 Å². The number of pyridine rings is 1. The van der Waals surface area contributed by atoms with Crippen LogP contribution in [0.15, 0.2) is 53.4 Å². The number of imide groups is 2. The highest BCUT2D eigenvalue weighted by Gasteiger charge is 2.45. The largest absolute Gasteiger partial charge is 0.444 e. The van der Waals surface area contributed by atoms with Crippen molar-refractivity contribution < 1.29 is 70.1 Å². The molecule has 3 aliphatic rings. The van der Waals surface area contributed by atoms with E-state index in [9.17, 15) is 46.7 Å². The zero-order valence-electron chi connectivity index (χ0n) is 35.5. The van der Waals surface area contributed by atoms with Crippen molar-refractivity contribution in [3.8, 4) is 11.5 Å². The van der Waals surface area contributed by atoms with Gasteiger partial charge in [-0.3, -0.25) is 48.5 Å². The number of nitrogens with zero attached hydrogens (tertiary/aromatic N) is 6. The minimum Gasteiger partial charge on any atom is -0.444 e. The molecule has 7 amide bonds. The number of alkyl halides is 3. The second-order valence-corrected chi connectivity index (χ2v) is 15.1. The van der Waals surface area contributed by atoms with E-state index < -0.39 is 54.2 Å². The molecule has 0 spiro atoms. The monoisotopic (exact) mass is 939 g/mol. The van der Waals surface area contributed by atoms with Crippen LogP contribution in [0.4, 0.5) is 30.4 Å². The number of piperidine rings is 1. The van der Waals surface area contributed by atoms with E-state index in [1.54, 1.807) is 12.1 Å². The summed E-state index contributed by atoms with van der Waals surface area (Å²) in [4.78, 5) is 98.3. The maximum absolute atomic E-state index is 13.2. The normalized spacial score (nSPS) is 16.2. The number of hydrogen-bond donors (Lipinski definition) is 5. The first-order valence-corrected chi connectivity index (χ1v) is 20.8. The van der Waals surface area contributed by atoms with Crippen molar-refractivity contribution in [3.05, 3.63) is 71.5 Å². The number of amides is 7. The van der Waals surface area contributed by atoms with Crippen molar-refractivity contribution in [3.63, 3.8) is 0 Å². The molecular formula is C41H44F3N11O12. The molecule has 6 heterocycles. The number of likely N-dealkylation sites (tertiary alicyclic amines) is 1. The van der Waals surface area contributed by atoms with E-state index in [4.69, 9.17) is 29.1 Å². The minimum atomic E-state index is -4.46. The van der Waals surface area contributed by atoms with Crippen LogP contribution < -0.4 is 27.0 Å². The van der Waals surface area contributed by atoms with Crippen LogP contribution >= 0.6 is 0 Å². The predicted molar refractivity (Wildman–Crippen MR) is 223 cm³/mol. The van der Waals surface area contributed by atoms with E-state index in [0.29, 0.717) is 12.2 Å². The number of ether oxygens (including phenoxy) is 4. The molecule has 0 bridgehead atoms. The summed E-state index contributed by atoms with van der Waals surface area (Å²) in [6, 6.07) is 6.12. The van der Waals surface area contributed by atoms with Crippen molar-refractivity contribution >= 4 is 58.5 Å². The molecule has 1 unspecified atom stereocenters. The molecule has 4 aromatic rings. The second kappa shape index (κ2) is 21.3. The topological polar surface area (TPSA) is 294 Å². The number of carbonyl (C=O) groups excluding carboxylic acids is 7. The summed E-state index contributed by atoms with van der Waals surface area (Å²) in [5.74, 6) is -4.46. The predicted octanol–water partition coefficient (Wildman–Crippen LogP) is 1.22. The van der Waals surface area contributed by atoms with Gasteiger partial charge in [-0.15, -0.1) is 0 Å². The minimum absolute atomic E-state index is 0.0161. The first-order chi connectivity index (χ1) is 32.2. The first kappa shape index (κ1) is 47.7. The fourth-order valence-corrected chi connectivity index (χ4v) is 7.06. The van der Waals surface area contributed by atoms with Crippen LogP contribution in [0.25, 0.3) is 11.5 Å². The van der Waals surface area contributed by atoms with Crippen molar-refractivity contribution in [2.24, 2.45) is 5.73 Å². The van der Waals surface area contributed by atoms with Gasteiger partial charge in [0.15, 0.2) is 11.4 Å². The lowest BCUT2D eigenvalue weighted by Gasteiger charge is -2.39. The summed E-state index contributed by atoms with van der Waals surface area (Å²) < 4.78 is 66.6. The summed E-state index contributed by atoms with van der Waals surface area (Å²) >= 11 is 0. The summed E-state index contributed by atoms with van der Waals surface area (Å²) in [7, 11) is 0. The van der Waals surface area contributed by atoms with Crippen LogP contribution in [0.1, 0.15) is 60.6 Å². The number of anilines is 3. The smallest absolute Gasteiger partial charge is 0.405 e. The highest BCUT2D eigenvalue weighted by molar-refractivity contribution is 6.25. The van der Waals surface area contributed by atoms with E-state index >= 15 is 0 Å². The van der Waals surface area contributed by atoms with Gasteiger partial charge in [0.25, 0.3) is 23.6 Å². The molecule has 356 valence electrons. The molecule has 3 aliphatic heterocycles. The van der Waals surface area contributed by atoms with Gasteiger partial charge < -0.3 is 49.9 Å². The van der Waals surface area contributed by atoms with Gasteiger partial charge in [0.05, 0.1) is 69.1 Å². The lowest BCUT2D eigenvalue weighted by molar-refractivity contribution is -0.142. The third-order valence-electron chi connectivity index (χ3n) is 10.4. The molecule has 23 nitrogen and oxygen atoms in total. The Bertz CT molecular complexity index is 2510. The van der Waals surface area contributed by atoms with E-state index in [2.05, 4.69) is 36.3 Å². The molecule has 0 aliphatic carbocycles. The lowest BCUT2D eigenvalue weighted by Crippen LogP contribution is -2.54. The van der Waals surface area contributed by atoms with E-state index in [1.165, 1.54) is 40.2 Å². The van der Waals surface area contributed by atoms with Crippen LogP contribution in [-0.2, 0) is 33.3 Å². The molecule has 3 aromatic heterocycles. The number of aromatic nitrogens is 4. The Morgan fingerprint density at radius 3 is 2.33 bits per heavy atom. The molecule has 0 radical (unpaired) electrons. The zero-order valence-corrected chi connectivity index (χ0v) is 35.5. The van der Waals surface area contributed by atoms with Crippen molar-refractivity contribution in [1.82, 2.24) is 34.9 Å². The third kappa shape index (κ3) is 11.9. The highest BCUT2D eigenvalue weighted by Crippen LogP contribution is 2.32. The second-order valence-electron chi connectivity index (χ2n) is 15.1. The number of nitrogens with one attached hydrogen (secondary N) is 4. The summed E-state index contributed by atoms with van der Waals surface area (Å²) in [6.45, 7) is 1.07. The van der Waals surface area contributed by atoms with Gasteiger partial charge in [-0.25, -0.2) is 9.97 Å². The Labute approximate surface area is 377 Å². The van der Waals surface area contributed by atoms with Gasteiger partial charge in [0.1, 0.15) is 31.3 Å². The summed E-state index contributed by atoms with van der Waals surface area (Å²) in [5.41, 5.74) is 6.06. The van der Waals surface area contributed by atoms with Gasteiger partial charge in [-0.05, 0) is 30.7 Å². The van der Waals surface area contributed by atoms with Crippen LogP contribution in [0.5, 0.6) is 0 Å².